The summed E-state index contributed by atoms with van der Waals surface area (Å²) in [6.07, 6.45) is 9.89. The van der Waals surface area contributed by atoms with Crippen LogP contribution in [-0.2, 0) is 26.1 Å². The lowest BCUT2D eigenvalue weighted by Crippen LogP contribution is -2.41. The van der Waals surface area contributed by atoms with Gasteiger partial charge in [-0.05, 0) is 67.7 Å². The predicted octanol–water partition coefficient (Wildman–Crippen LogP) is 5.95. The van der Waals surface area contributed by atoms with E-state index in [0.717, 1.165) is 44.3 Å². The van der Waals surface area contributed by atoms with Crippen molar-refractivity contribution in [2.24, 2.45) is 11.8 Å². The Morgan fingerprint density at radius 2 is 1.91 bits per heavy atom. The zero-order valence-electron chi connectivity index (χ0n) is 19.7. The second-order valence-electron chi connectivity index (χ2n) is 9.64. The Kier molecular flexibility index (Phi) is 8.52. The fraction of sp³-hybridized carbons (Fsp3) is 0.483. The number of aliphatic carboxylic acids is 1. The van der Waals surface area contributed by atoms with E-state index in [-0.39, 0.29) is 23.8 Å². The van der Waals surface area contributed by atoms with Gasteiger partial charge in [0, 0.05) is 24.4 Å². The predicted molar refractivity (Wildman–Crippen MR) is 130 cm³/mol. The summed E-state index contributed by atoms with van der Waals surface area (Å²) in [4.78, 5) is 10.7. The zero-order valence-corrected chi connectivity index (χ0v) is 19.7. The van der Waals surface area contributed by atoms with Crippen molar-refractivity contribution < 1.29 is 23.8 Å². The maximum Gasteiger partial charge on any atom is 0.303 e. The van der Waals surface area contributed by atoms with Crippen molar-refractivity contribution in [1.82, 2.24) is 0 Å². The number of carboxylic acids is 1. The molecule has 2 aliphatic rings. The molecule has 0 amide bonds. The van der Waals surface area contributed by atoms with Crippen LogP contribution >= 0.6 is 0 Å². The number of aryl methyl sites for hydroxylation is 1. The van der Waals surface area contributed by atoms with Crippen LogP contribution in [0.5, 0.6) is 0 Å². The highest BCUT2D eigenvalue weighted by Crippen LogP contribution is 2.56. The number of carbonyl (C=O) groups is 1. The second-order valence-corrected chi connectivity index (χ2v) is 9.64. The standard InChI is InChI=1S/C29H35FO4/c30-24-16-14-23(15-17-24)29-19-27(34-21-29)25(26(29)12-6-1-2-7-13-28(31)32)20-33-18-8-11-22-9-4-3-5-10-22/h1,3-6,9-10,14-17,25-27H,2,7-8,11-13,18-21H2,(H,31,32)/b6-1-/t25-,26-,27-,29-/m0/s1. The van der Waals surface area contributed by atoms with Gasteiger partial charge in [0.05, 0.1) is 19.3 Å². The average molecular weight is 467 g/mol. The molecule has 4 rings (SSSR count). The third-order valence-electron chi connectivity index (χ3n) is 7.47. The molecule has 1 aliphatic heterocycles. The molecule has 4 atom stereocenters. The van der Waals surface area contributed by atoms with Gasteiger partial charge in [0.1, 0.15) is 5.82 Å². The molecule has 1 saturated carbocycles. The van der Waals surface area contributed by atoms with Crippen LogP contribution in [-0.4, -0.2) is 37.0 Å². The van der Waals surface area contributed by atoms with Crippen molar-refractivity contribution in [3.8, 4) is 0 Å². The summed E-state index contributed by atoms with van der Waals surface area (Å²) in [6, 6.07) is 17.4. The van der Waals surface area contributed by atoms with Crippen LogP contribution in [0.4, 0.5) is 4.39 Å². The zero-order chi connectivity index (χ0) is 23.8. The molecule has 0 aromatic heterocycles. The average Bonchev–Trinajstić information content (AvgIpc) is 3.40. The minimum atomic E-state index is -0.751. The van der Waals surface area contributed by atoms with Crippen LogP contribution in [0.25, 0.3) is 0 Å². The van der Waals surface area contributed by atoms with Crippen molar-refractivity contribution in [2.75, 3.05) is 19.8 Å². The molecule has 2 bridgehead atoms. The van der Waals surface area contributed by atoms with Gasteiger partial charge in [0.15, 0.2) is 0 Å². The lowest BCUT2D eigenvalue weighted by atomic mass is 9.69. The van der Waals surface area contributed by atoms with E-state index >= 15 is 0 Å². The van der Waals surface area contributed by atoms with E-state index in [0.29, 0.717) is 31.5 Å². The normalized spacial score (nSPS) is 25.9. The number of rotatable bonds is 13. The van der Waals surface area contributed by atoms with Gasteiger partial charge in [0.25, 0.3) is 0 Å². The molecule has 1 saturated heterocycles. The molecule has 2 fully saturated rings. The summed E-state index contributed by atoms with van der Waals surface area (Å²) in [5.74, 6) is -0.332. The monoisotopic (exact) mass is 466 g/mol. The lowest BCUT2D eigenvalue weighted by molar-refractivity contribution is -0.137. The second kappa shape index (κ2) is 11.8. The third kappa shape index (κ3) is 5.94. The molecule has 2 aromatic rings. The first-order valence-electron chi connectivity index (χ1n) is 12.4. The van der Waals surface area contributed by atoms with Gasteiger partial charge in [-0.3, -0.25) is 4.79 Å². The van der Waals surface area contributed by atoms with Crippen molar-refractivity contribution in [3.63, 3.8) is 0 Å². The first-order valence-corrected chi connectivity index (χ1v) is 12.4. The molecule has 34 heavy (non-hydrogen) atoms. The van der Waals surface area contributed by atoms with Crippen LogP contribution in [0.15, 0.2) is 66.7 Å². The first kappa shape index (κ1) is 24.6. The van der Waals surface area contributed by atoms with Crippen LogP contribution in [0.3, 0.4) is 0 Å². The number of unbranched alkanes of at least 4 members (excludes halogenated alkanes) is 1. The summed E-state index contributed by atoms with van der Waals surface area (Å²) < 4.78 is 26.0. The van der Waals surface area contributed by atoms with Gasteiger partial charge in [-0.15, -0.1) is 0 Å². The van der Waals surface area contributed by atoms with Crippen LogP contribution in [0, 0.1) is 17.7 Å². The van der Waals surface area contributed by atoms with Crippen molar-refractivity contribution >= 4 is 5.97 Å². The summed E-state index contributed by atoms with van der Waals surface area (Å²) >= 11 is 0. The molecular weight excluding hydrogens is 431 g/mol. The number of allylic oxidation sites excluding steroid dienone is 2. The van der Waals surface area contributed by atoms with Gasteiger partial charge in [0.2, 0.25) is 0 Å². The van der Waals surface area contributed by atoms with Crippen molar-refractivity contribution in [2.45, 2.75) is 56.5 Å². The summed E-state index contributed by atoms with van der Waals surface area (Å²) in [5.41, 5.74) is 2.35. The highest BCUT2D eigenvalue weighted by Gasteiger charge is 2.59. The van der Waals surface area contributed by atoms with Gasteiger partial charge in [-0.1, -0.05) is 54.6 Å². The minimum Gasteiger partial charge on any atom is -0.481 e. The molecule has 1 N–H and O–H groups in total. The Labute approximate surface area is 201 Å². The molecule has 1 aliphatic carbocycles. The minimum absolute atomic E-state index is 0.123. The highest BCUT2D eigenvalue weighted by atomic mass is 19.1. The fourth-order valence-corrected chi connectivity index (χ4v) is 5.73. The van der Waals surface area contributed by atoms with E-state index in [2.05, 4.69) is 36.4 Å². The molecule has 4 nitrogen and oxygen atoms in total. The summed E-state index contributed by atoms with van der Waals surface area (Å²) in [5, 5.41) is 8.84. The van der Waals surface area contributed by atoms with Crippen LogP contribution in [0.2, 0.25) is 0 Å². The Morgan fingerprint density at radius 3 is 2.68 bits per heavy atom. The molecule has 0 unspecified atom stereocenters. The SMILES string of the molecule is O=C(O)CCC/C=C\C[C@H]1[C@H](COCCCc2ccccc2)[C@@H]2C[C@@]1(c1ccc(F)cc1)CO2. The maximum absolute atomic E-state index is 13.6. The van der Waals surface area contributed by atoms with Crippen molar-refractivity contribution in [1.29, 1.82) is 0 Å². The largest absolute Gasteiger partial charge is 0.481 e. The molecule has 5 heteroatoms. The van der Waals surface area contributed by atoms with Gasteiger partial charge in [-0.25, -0.2) is 4.39 Å². The molecule has 0 radical (unpaired) electrons. The van der Waals surface area contributed by atoms with Crippen LogP contribution in [0.1, 0.15) is 49.7 Å². The van der Waals surface area contributed by atoms with Gasteiger partial charge < -0.3 is 14.6 Å². The van der Waals surface area contributed by atoms with Gasteiger partial charge >= 0.3 is 5.97 Å². The lowest BCUT2D eigenvalue weighted by Gasteiger charge is -2.39. The Balaban J connectivity index is 1.38. The van der Waals surface area contributed by atoms with Crippen molar-refractivity contribution in [3.05, 3.63) is 83.7 Å². The Bertz CT molecular complexity index is 942. The number of halogens is 1. The van der Waals surface area contributed by atoms with E-state index in [1.807, 2.05) is 18.2 Å². The van der Waals surface area contributed by atoms with E-state index in [1.54, 1.807) is 12.1 Å². The van der Waals surface area contributed by atoms with E-state index in [4.69, 9.17) is 14.6 Å². The number of carboxylic acid groups (broad SMARTS) is 1. The van der Waals surface area contributed by atoms with Crippen LogP contribution < -0.4 is 0 Å². The van der Waals surface area contributed by atoms with E-state index in [9.17, 15) is 9.18 Å². The number of benzene rings is 2. The Hall–Kier alpha value is -2.50. The topological polar surface area (TPSA) is 55.8 Å². The quantitative estimate of drug-likeness (QED) is 0.293. The fourth-order valence-electron chi connectivity index (χ4n) is 5.73. The van der Waals surface area contributed by atoms with Gasteiger partial charge in [-0.2, -0.15) is 0 Å². The molecule has 0 spiro atoms. The summed E-state index contributed by atoms with van der Waals surface area (Å²) in [7, 11) is 0. The Morgan fingerprint density at radius 1 is 1.12 bits per heavy atom. The maximum atomic E-state index is 13.6. The summed E-state index contributed by atoms with van der Waals surface area (Å²) in [6.45, 7) is 2.05. The highest BCUT2D eigenvalue weighted by molar-refractivity contribution is 5.66. The molecular formula is C29H35FO4. The van der Waals surface area contributed by atoms with E-state index in [1.165, 1.54) is 5.56 Å². The molecule has 1 heterocycles. The number of fused-ring (bicyclic) bond motifs is 2. The molecule has 2 aromatic carbocycles. The number of hydrogen-bond acceptors (Lipinski definition) is 3. The van der Waals surface area contributed by atoms with E-state index < -0.39 is 5.97 Å². The number of hydrogen-bond donors (Lipinski definition) is 1. The smallest absolute Gasteiger partial charge is 0.303 e. The number of ether oxygens (including phenoxy) is 2. The first-order chi connectivity index (χ1) is 16.6. The molecule has 182 valence electrons. The third-order valence-corrected chi connectivity index (χ3v) is 7.47.